The van der Waals surface area contributed by atoms with Crippen LogP contribution in [0.1, 0.15) is 23.6 Å². The first kappa shape index (κ1) is 18.5. The predicted molar refractivity (Wildman–Crippen MR) is 108 cm³/mol. The van der Waals surface area contributed by atoms with E-state index in [0.717, 1.165) is 24.6 Å². The molecule has 0 spiro atoms. The van der Waals surface area contributed by atoms with Gasteiger partial charge in [-0.15, -0.1) is 0 Å². The number of guanidine groups is 1. The van der Waals surface area contributed by atoms with Crippen molar-refractivity contribution < 1.29 is 5.11 Å². The quantitative estimate of drug-likeness (QED) is 0.446. The average molecular weight is 363 g/mol. The SMILES string of the molecule is CCNC(=NCc1cccc(O)c1)NCc1ccccc1Cn1cccn1. The fourth-order valence-electron chi connectivity index (χ4n) is 2.80. The molecule has 6 heteroatoms. The Morgan fingerprint density at radius 3 is 2.67 bits per heavy atom. The lowest BCUT2D eigenvalue weighted by molar-refractivity contribution is 0.474. The van der Waals surface area contributed by atoms with Crippen LogP contribution >= 0.6 is 0 Å². The molecule has 3 rings (SSSR count). The van der Waals surface area contributed by atoms with Gasteiger partial charge in [-0.2, -0.15) is 5.10 Å². The average Bonchev–Trinajstić information content (AvgIpc) is 3.18. The molecule has 0 aliphatic heterocycles. The minimum absolute atomic E-state index is 0.258. The van der Waals surface area contributed by atoms with Gasteiger partial charge < -0.3 is 15.7 Å². The summed E-state index contributed by atoms with van der Waals surface area (Å²) >= 11 is 0. The van der Waals surface area contributed by atoms with E-state index in [1.165, 1.54) is 11.1 Å². The van der Waals surface area contributed by atoms with Gasteiger partial charge in [0.1, 0.15) is 5.75 Å². The molecule has 0 amide bonds. The summed E-state index contributed by atoms with van der Waals surface area (Å²) in [5, 5.41) is 20.5. The predicted octanol–water partition coefficient (Wildman–Crippen LogP) is 2.89. The van der Waals surface area contributed by atoms with E-state index in [-0.39, 0.29) is 5.75 Å². The van der Waals surface area contributed by atoms with Crippen LogP contribution in [0.4, 0.5) is 0 Å². The molecule has 0 atom stereocenters. The van der Waals surface area contributed by atoms with Crippen molar-refractivity contribution in [2.24, 2.45) is 4.99 Å². The van der Waals surface area contributed by atoms with Crippen LogP contribution in [-0.4, -0.2) is 27.4 Å². The molecule has 0 saturated carbocycles. The normalized spacial score (nSPS) is 11.4. The summed E-state index contributed by atoms with van der Waals surface area (Å²) in [5.41, 5.74) is 3.39. The number of aromatic hydroxyl groups is 1. The zero-order chi connectivity index (χ0) is 18.9. The van der Waals surface area contributed by atoms with Crippen molar-refractivity contribution in [1.29, 1.82) is 0 Å². The van der Waals surface area contributed by atoms with E-state index in [2.05, 4.69) is 32.9 Å². The molecule has 2 aromatic carbocycles. The fraction of sp³-hybridized carbons (Fsp3) is 0.238. The molecular weight excluding hydrogens is 338 g/mol. The lowest BCUT2D eigenvalue weighted by atomic mass is 10.1. The van der Waals surface area contributed by atoms with Gasteiger partial charge >= 0.3 is 0 Å². The number of phenols is 1. The molecule has 0 radical (unpaired) electrons. The number of nitrogens with zero attached hydrogens (tertiary/aromatic N) is 3. The Balaban J connectivity index is 1.66. The largest absolute Gasteiger partial charge is 0.508 e. The molecule has 0 aliphatic carbocycles. The molecule has 27 heavy (non-hydrogen) atoms. The molecule has 3 N–H and O–H groups in total. The Morgan fingerprint density at radius 2 is 1.93 bits per heavy atom. The second kappa shape index (κ2) is 9.43. The number of benzene rings is 2. The zero-order valence-corrected chi connectivity index (χ0v) is 15.5. The second-order valence-corrected chi connectivity index (χ2v) is 6.19. The van der Waals surface area contributed by atoms with Crippen molar-refractivity contribution in [3.63, 3.8) is 0 Å². The summed E-state index contributed by atoms with van der Waals surface area (Å²) in [4.78, 5) is 4.61. The molecule has 1 aromatic heterocycles. The van der Waals surface area contributed by atoms with Gasteiger partial charge in [0.15, 0.2) is 5.96 Å². The Kier molecular flexibility index (Phi) is 6.46. The highest BCUT2D eigenvalue weighted by Gasteiger charge is 2.05. The molecule has 3 aromatic rings. The first-order valence-electron chi connectivity index (χ1n) is 9.09. The summed E-state index contributed by atoms with van der Waals surface area (Å²) < 4.78 is 1.92. The van der Waals surface area contributed by atoms with Crippen molar-refractivity contribution >= 4 is 5.96 Å². The smallest absolute Gasteiger partial charge is 0.191 e. The minimum atomic E-state index is 0.258. The topological polar surface area (TPSA) is 74.5 Å². The van der Waals surface area contributed by atoms with Gasteiger partial charge in [0, 0.05) is 25.5 Å². The number of hydrogen-bond donors (Lipinski definition) is 3. The van der Waals surface area contributed by atoms with E-state index in [1.54, 1.807) is 18.3 Å². The van der Waals surface area contributed by atoms with Crippen molar-refractivity contribution in [3.8, 4) is 5.75 Å². The molecule has 0 fully saturated rings. The molecular formula is C21H25N5O. The minimum Gasteiger partial charge on any atom is -0.508 e. The first-order chi connectivity index (χ1) is 13.2. The third kappa shape index (κ3) is 5.60. The van der Waals surface area contributed by atoms with Gasteiger partial charge in [-0.1, -0.05) is 36.4 Å². The van der Waals surface area contributed by atoms with E-state index >= 15 is 0 Å². The number of rotatable bonds is 7. The third-order valence-electron chi connectivity index (χ3n) is 4.13. The maximum Gasteiger partial charge on any atom is 0.191 e. The van der Waals surface area contributed by atoms with Crippen molar-refractivity contribution in [3.05, 3.63) is 83.7 Å². The van der Waals surface area contributed by atoms with Crippen LogP contribution in [0, 0.1) is 0 Å². The number of aliphatic imine (C=N–C) groups is 1. The van der Waals surface area contributed by atoms with Crippen LogP contribution in [0.15, 0.2) is 72.0 Å². The Labute approximate surface area is 159 Å². The Bertz CT molecular complexity index is 874. The number of phenolic OH excluding ortho intramolecular Hbond substituents is 1. The van der Waals surface area contributed by atoms with E-state index in [0.29, 0.717) is 13.1 Å². The maximum atomic E-state index is 9.58. The van der Waals surface area contributed by atoms with Crippen LogP contribution in [0.25, 0.3) is 0 Å². The Hall–Kier alpha value is -3.28. The highest BCUT2D eigenvalue weighted by Crippen LogP contribution is 2.12. The summed E-state index contributed by atoms with van der Waals surface area (Å²) in [5.74, 6) is 1.00. The summed E-state index contributed by atoms with van der Waals surface area (Å²) in [6.45, 7) is 4.72. The van der Waals surface area contributed by atoms with Crippen molar-refractivity contribution in [2.75, 3.05) is 6.54 Å². The van der Waals surface area contributed by atoms with Crippen LogP contribution in [0.3, 0.4) is 0 Å². The third-order valence-corrected chi connectivity index (χ3v) is 4.13. The molecule has 0 unspecified atom stereocenters. The number of hydrogen-bond acceptors (Lipinski definition) is 3. The number of nitrogens with one attached hydrogen (secondary N) is 2. The Morgan fingerprint density at radius 1 is 1.07 bits per heavy atom. The van der Waals surface area contributed by atoms with Crippen molar-refractivity contribution in [1.82, 2.24) is 20.4 Å². The molecule has 0 saturated heterocycles. The monoisotopic (exact) mass is 363 g/mol. The second-order valence-electron chi connectivity index (χ2n) is 6.19. The standard InChI is InChI=1S/C21H25N5O/c1-2-22-21(23-14-17-7-5-10-20(27)13-17)24-15-18-8-3-4-9-19(18)16-26-12-6-11-25-26/h3-13,27H,2,14-16H2,1H3,(H2,22,23,24). The zero-order valence-electron chi connectivity index (χ0n) is 15.5. The molecule has 6 nitrogen and oxygen atoms in total. The summed E-state index contributed by atoms with van der Waals surface area (Å²) in [7, 11) is 0. The van der Waals surface area contributed by atoms with Crippen molar-refractivity contribution in [2.45, 2.75) is 26.6 Å². The van der Waals surface area contributed by atoms with E-state index in [1.807, 2.05) is 48.1 Å². The fourth-order valence-corrected chi connectivity index (χ4v) is 2.80. The van der Waals surface area contributed by atoms with Crippen LogP contribution < -0.4 is 10.6 Å². The molecule has 140 valence electrons. The lowest BCUT2D eigenvalue weighted by Gasteiger charge is -2.14. The molecule has 0 aliphatic rings. The van der Waals surface area contributed by atoms with Gasteiger partial charge in [0.2, 0.25) is 0 Å². The van der Waals surface area contributed by atoms with E-state index in [9.17, 15) is 5.11 Å². The molecule has 1 heterocycles. The van der Waals surface area contributed by atoms with E-state index in [4.69, 9.17) is 0 Å². The van der Waals surface area contributed by atoms with Gasteiger partial charge in [0.05, 0.1) is 13.1 Å². The molecule has 0 bridgehead atoms. The van der Waals surface area contributed by atoms with Gasteiger partial charge in [-0.05, 0) is 41.8 Å². The number of aromatic nitrogens is 2. The lowest BCUT2D eigenvalue weighted by Crippen LogP contribution is -2.37. The van der Waals surface area contributed by atoms with Crippen LogP contribution in [0.2, 0.25) is 0 Å². The summed E-state index contributed by atoms with van der Waals surface area (Å²) in [6, 6.07) is 17.4. The maximum absolute atomic E-state index is 9.58. The van der Waals surface area contributed by atoms with Gasteiger partial charge in [0.25, 0.3) is 0 Å². The van der Waals surface area contributed by atoms with Crippen LogP contribution in [-0.2, 0) is 19.6 Å². The first-order valence-corrected chi connectivity index (χ1v) is 9.09. The van der Waals surface area contributed by atoms with E-state index < -0.39 is 0 Å². The highest BCUT2D eigenvalue weighted by atomic mass is 16.3. The van der Waals surface area contributed by atoms with Gasteiger partial charge in [-0.25, -0.2) is 4.99 Å². The summed E-state index contributed by atoms with van der Waals surface area (Å²) in [6.07, 6.45) is 3.75. The van der Waals surface area contributed by atoms with Crippen LogP contribution in [0.5, 0.6) is 5.75 Å². The highest BCUT2D eigenvalue weighted by molar-refractivity contribution is 5.79. The van der Waals surface area contributed by atoms with Gasteiger partial charge in [-0.3, -0.25) is 4.68 Å².